The molecule has 0 heterocycles. The van der Waals surface area contributed by atoms with Gasteiger partial charge in [0.25, 0.3) is 0 Å². The number of amides is 1. The van der Waals surface area contributed by atoms with Gasteiger partial charge in [-0.3, -0.25) is 0 Å². The second kappa shape index (κ2) is 8.32. The van der Waals surface area contributed by atoms with Gasteiger partial charge in [-0.2, -0.15) is 0 Å². The molecule has 1 amide bonds. The molecule has 0 aliphatic carbocycles. The fraction of sp³-hybridized carbons (Fsp3) is 0.923. The van der Waals surface area contributed by atoms with Gasteiger partial charge in [0.2, 0.25) is 0 Å². The Morgan fingerprint density at radius 1 is 1.22 bits per heavy atom. The van der Waals surface area contributed by atoms with Crippen LogP contribution < -0.4 is 10.6 Å². The molecule has 0 aromatic heterocycles. The Balaban J connectivity index is 3.76. The molecule has 5 heteroatoms. The highest BCUT2D eigenvalue weighted by Gasteiger charge is 2.17. The smallest absolute Gasteiger partial charge is 0.407 e. The van der Waals surface area contributed by atoms with E-state index in [1.807, 2.05) is 34.6 Å². The van der Waals surface area contributed by atoms with Crippen LogP contribution in [-0.2, 0) is 9.47 Å². The van der Waals surface area contributed by atoms with E-state index in [4.69, 9.17) is 9.47 Å². The number of nitrogens with one attached hydrogen (secondary N) is 2. The van der Waals surface area contributed by atoms with Crippen molar-refractivity contribution in [2.24, 2.45) is 0 Å². The fourth-order valence-corrected chi connectivity index (χ4v) is 1.29. The predicted molar refractivity (Wildman–Crippen MR) is 72.8 cm³/mol. The number of hydrogen-bond donors (Lipinski definition) is 2. The van der Waals surface area contributed by atoms with E-state index in [9.17, 15) is 4.79 Å². The van der Waals surface area contributed by atoms with Crippen molar-refractivity contribution in [1.29, 1.82) is 0 Å². The lowest BCUT2D eigenvalue weighted by Gasteiger charge is -2.23. The Morgan fingerprint density at radius 3 is 2.33 bits per heavy atom. The number of hydrogen-bond acceptors (Lipinski definition) is 4. The average molecular weight is 260 g/mol. The van der Waals surface area contributed by atoms with Crippen molar-refractivity contribution in [3.8, 4) is 0 Å². The molecule has 2 atom stereocenters. The van der Waals surface area contributed by atoms with Crippen molar-refractivity contribution in [1.82, 2.24) is 10.6 Å². The SMILES string of the molecule is CCOCC(C)NCC(C)NC(=O)OC(C)(C)C. The Labute approximate surface area is 111 Å². The van der Waals surface area contributed by atoms with Gasteiger partial charge in [0.05, 0.1) is 6.61 Å². The van der Waals surface area contributed by atoms with E-state index < -0.39 is 5.60 Å². The molecule has 5 nitrogen and oxygen atoms in total. The molecule has 0 aliphatic rings. The Kier molecular flexibility index (Phi) is 7.95. The summed E-state index contributed by atoms with van der Waals surface area (Å²) in [5, 5.41) is 6.07. The Morgan fingerprint density at radius 2 is 1.83 bits per heavy atom. The van der Waals surface area contributed by atoms with Gasteiger partial charge in [-0.05, 0) is 41.5 Å². The van der Waals surface area contributed by atoms with Crippen LogP contribution in [0, 0.1) is 0 Å². The molecule has 0 rings (SSSR count). The molecule has 18 heavy (non-hydrogen) atoms. The van der Waals surface area contributed by atoms with Crippen molar-refractivity contribution >= 4 is 6.09 Å². The van der Waals surface area contributed by atoms with Gasteiger partial charge >= 0.3 is 6.09 Å². The van der Waals surface area contributed by atoms with Crippen LogP contribution in [0.5, 0.6) is 0 Å². The van der Waals surface area contributed by atoms with E-state index in [1.165, 1.54) is 0 Å². The van der Waals surface area contributed by atoms with Crippen LogP contribution in [0.3, 0.4) is 0 Å². The second-order valence-corrected chi connectivity index (χ2v) is 5.52. The molecule has 2 N–H and O–H groups in total. The highest BCUT2D eigenvalue weighted by molar-refractivity contribution is 5.68. The van der Waals surface area contributed by atoms with Crippen molar-refractivity contribution < 1.29 is 14.3 Å². The van der Waals surface area contributed by atoms with Crippen LogP contribution in [0.2, 0.25) is 0 Å². The zero-order valence-corrected chi connectivity index (χ0v) is 12.5. The summed E-state index contributed by atoms with van der Waals surface area (Å²) >= 11 is 0. The summed E-state index contributed by atoms with van der Waals surface area (Å²) < 4.78 is 10.5. The van der Waals surface area contributed by atoms with Crippen molar-refractivity contribution in [3.63, 3.8) is 0 Å². The molecule has 0 aromatic rings. The molecule has 0 aromatic carbocycles. The number of carbonyl (C=O) groups excluding carboxylic acids is 1. The van der Waals surface area contributed by atoms with E-state index in [1.54, 1.807) is 0 Å². The molecule has 0 fully saturated rings. The molecule has 0 spiro atoms. The second-order valence-electron chi connectivity index (χ2n) is 5.52. The van der Waals surface area contributed by atoms with Crippen LogP contribution in [0.25, 0.3) is 0 Å². The first-order valence-electron chi connectivity index (χ1n) is 6.55. The van der Waals surface area contributed by atoms with E-state index >= 15 is 0 Å². The lowest BCUT2D eigenvalue weighted by Crippen LogP contribution is -2.45. The van der Waals surface area contributed by atoms with Crippen LogP contribution in [0.15, 0.2) is 0 Å². The number of ether oxygens (including phenoxy) is 2. The topological polar surface area (TPSA) is 59.6 Å². The standard InChI is InChI=1S/C13H28N2O3/c1-7-17-9-11(3)14-8-10(2)15-12(16)18-13(4,5)6/h10-11,14H,7-9H2,1-6H3,(H,15,16). The van der Waals surface area contributed by atoms with Gasteiger partial charge in [0, 0.05) is 25.2 Å². The van der Waals surface area contributed by atoms with Gasteiger partial charge in [-0.1, -0.05) is 0 Å². The van der Waals surface area contributed by atoms with E-state index in [-0.39, 0.29) is 18.2 Å². The lowest BCUT2D eigenvalue weighted by atomic mass is 10.2. The normalized spacial score (nSPS) is 15.0. The predicted octanol–water partition coefficient (Wildman–Crippen LogP) is 1.91. The number of carbonyl (C=O) groups is 1. The molecule has 0 radical (unpaired) electrons. The first-order chi connectivity index (χ1) is 8.24. The van der Waals surface area contributed by atoms with Crippen LogP contribution in [0.1, 0.15) is 41.5 Å². The molecule has 108 valence electrons. The highest BCUT2D eigenvalue weighted by Crippen LogP contribution is 2.06. The van der Waals surface area contributed by atoms with E-state index in [0.717, 1.165) is 6.61 Å². The van der Waals surface area contributed by atoms with Gasteiger partial charge in [0.15, 0.2) is 0 Å². The third-order valence-corrected chi connectivity index (χ3v) is 2.11. The number of alkyl carbamates (subject to hydrolysis) is 1. The summed E-state index contributed by atoms with van der Waals surface area (Å²) in [5.74, 6) is 0. The summed E-state index contributed by atoms with van der Waals surface area (Å²) in [6.07, 6.45) is -0.380. The molecular formula is C13H28N2O3. The van der Waals surface area contributed by atoms with E-state index in [0.29, 0.717) is 13.2 Å². The quantitative estimate of drug-likeness (QED) is 0.734. The van der Waals surface area contributed by atoms with Gasteiger partial charge in [0.1, 0.15) is 5.60 Å². The molecule has 0 saturated carbocycles. The Hall–Kier alpha value is -0.810. The zero-order valence-electron chi connectivity index (χ0n) is 12.5. The largest absolute Gasteiger partial charge is 0.444 e. The minimum absolute atomic E-state index is 0.0175. The van der Waals surface area contributed by atoms with Crippen molar-refractivity contribution in [2.45, 2.75) is 59.2 Å². The zero-order chi connectivity index (χ0) is 14.2. The molecule has 2 unspecified atom stereocenters. The van der Waals surface area contributed by atoms with Crippen molar-refractivity contribution in [2.75, 3.05) is 19.8 Å². The maximum Gasteiger partial charge on any atom is 0.407 e. The molecule has 0 aliphatic heterocycles. The van der Waals surface area contributed by atoms with Crippen LogP contribution in [0.4, 0.5) is 4.79 Å². The van der Waals surface area contributed by atoms with Crippen LogP contribution >= 0.6 is 0 Å². The van der Waals surface area contributed by atoms with Gasteiger partial charge in [-0.25, -0.2) is 4.79 Å². The third kappa shape index (κ3) is 10.4. The monoisotopic (exact) mass is 260 g/mol. The number of rotatable bonds is 7. The highest BCUT2D eigenvalue weighted by atomic mass is 16.6. The lowest BCUT2D eigenvalue weighted by molar-refractivity contribution is 0.0506. The van der Waals surface area contributed by atoms with Gasteiger partial charge < -0.3 is 20.1 Å². The first kappa shape index (κ1) is 17.2. The van der Waals surface area contributed by atoms with Gasteiger partial charge in [-0.15, -0.1) is 0 Å². The third-order valence-electron chi connectivity index (χ3n) is 2.11. The summed E-state index contributed by atoms with van der Waals surface area (Å²) in [6.45, 7) is 13.6. The van der Waals surface area contributed by atoms with Crippen LogP contribution in [-0.4, -0.2) is 43.5 Å². The minimum atomic E-state index is -0.459. The average Bonchev–Trinajstić information content (AvgIpc) is 2.20. The molecular weight excluding hydrogens is 232 g/mol. The first-order valence-corrected chi connectivity index (χ1v) is 6.55. The summed E-state index contributed by atoms with van der Waals surface area (Å²) in [7, 11) is 0. The summed E-state index contributed by atoms with van der Waals surface area (Å²) in [6, 6.07) is 0.289. The summed E-state index contributed by atoms with van der Waals surface area (Å²) in [4.78, 5) is 11.5. The maximum atomic E-state index is 11.5. The van der Waals surface area contributed by atoms with Crippen molar-refractivity contribution in [3.05, 3.63) is 0 Å². The Bertz CT molecular complexity index is 239. The fourth-order valence-electron chi connectivity index (χ4n) is 1.29. The molecule has 0 bridgehead atoms. The van der Waals surface area contributed by atoms with E-state index in [2.05, 4.69) is 17.6 Å². The summed E-state index contributed by atoms with van der Waals surface area (Å²) in [5.41, 5.74) is -0.459. The minimum Gasteiger partial charge on any atom is -0.444 e. The maximum absolute atomic E-state index is 11.5. The molecule has 0 saturated heterocycles.